The van der Waals surface area contributed by atoms with Crippen molar-refractivity contribution in [2.24, 2.45) is 11.7 Å². The first-order valence-corrected chi connectivity index (χ1v) is 8.32. The zero-order chi connectivity index (χ0) is 17.0. The molecule has 1 aromatic rings. The number of carbonyl (C=O) groups excluding carboxylic acids is 1. The molecule has 2 N–H and O–H groups in total. The van der Waals surface area contributed by atoms with Crippen molar-refractivity contribution >= 4 is 18.3 Å². The van der Waals surface area contributed by atoms with E-state index in [1.54, 1.807) is 25.3 Å². The summed E-state index contributed by atoms with van der Waals surface area (Å²) in [5.74, 6) is 1.81. The van der Waals surface area contributed by atoms with Crippen LogP contribution in [0, 0.1) is 5.92 Å². The highest BCUT2D eigenvalue weighted by molar-refractivity contribution is 5.95. The molecule has 1 fully saturated rings. The molecule has 0 aromatic heterocycles. The monoisotopic (exact) mass is 356 g/mol. The van der Waals surface area contributed by atoms with E-state index in [1.807, 2.05) is 25.7 Å². The van der Waals surface area contributed by atoms with Crippen LogP contribution in [0.1, 0.15) is 44.0 Å². The highest BCUT2D eigenvalue weighted by Crippen LogP contribution is 2.30. The first-order valence-electron chi connectivity index (χ1n) is 8.32. The number of nitrogens with zero attached hydrogens (tertiary/aromatic N) is 1. The Morgan fingerprint density at radius 3 is 2.33 bits per heavy atom. The van der Waals surface area contributed by atoms with Gasteiger partial charge < -0.3 is 20.1 Å². The van der Waals surface area contributed by atoms with Crippen LogP contribution >= 0.6 is 12.4 Å². The van der Waals surface area contributed by atoms with E-state index >= 15 is 0 Å². The van der Waals surface area contributed by atoms with Crippen molar-refractivity contribution in [2.45, 2.75) is 45.8 Å². The molecule has 0 radical (unpaired) electrons. The third-order valence-corrected chi connectivity index (χ3v) is 4.34. The molecule has 1 heterocycles. The number of ether oxygens (including phenoxy) is 2. The van der Waals surface area contributed by atoms with Gasteiger partial charge in [0, 0.05) is 24.7 Å². The number of hydrogen-bond acceptors (Lipinski definition) is 4. The maximum Gasteiger partial charge on any atom is 0.253 e. The van der Waals surface area contributed by atoms with E-state index < -0.39 is 0 Å². The standard InChI is InChI=1S/C18H28N2O3.ClH/c1-12(2)23-16-6-5-15(11-17(16)22-4)18(21)20-9-7-14(8-10-20)13(3)19;/h5-6,11-14H,7-10,19H2,1-4H3;1H. The number of likely N-dealkylation sites (tertiary alicyclic amines) is 1. The molecule has 0 aliphatic carbocycles. The van der Waals surface area contributed by atoms with Crippen molar-refractivity contribution in [3.05, 3.63) is 23.8 Å². The zero-order valence-corrected chi connectivity index (χ0v) is 15.8. The van der Waals surface area contributed by atoms with Crippen LogP contribution in [0.5, 0.6) is 11.5 Å². The lowest BCUT2D eigenvalue weighted by Crippen LogP contribution is -2.42. The van der Waals surface area contributed by atoms with Crippen LogP contribution in [0.4, 0.5) is 0 Å². The third kappa shape index (κ3) is 5.02. The number of rotatable bonds is 5. The minimum Gasteiger partial charge on any atom is -0.493 e. The number of halogens is 1. The minimum absolute atomic E-state index is 0. The molecule has 1 unspecified atom stereocenters. The Bertz CT molecular complexity index is 541. The van der Waals surface area contributed by atoms with Crippen LogP contribution in [-0.2, 0) is 0 Å². The Labute approximate surface area is 150 Å². The number of hydrogen-bond donors (Lipinski definition) is 1. The first-order chi connectivity index (χ1) is 10.9. The summed E-state index contributed by atoms with van der Waals surface area (Å²) in [7, 11) is 1.59. The lowest BCUT2D eigenvalue weighted by atomic mass is 9.90. The van der Waals surface area contributed by atoms with Crippen LogP contribution in [0.2, 0.25) is 0 Å². The molecule has 1 amide bonds. The van der Waals surface area contributed by atoms with Gasteiger partial charge in [-0.2, -0.15) is 0 Å². The van der Waals surface area contributed by atoms with Gasteiger partial charge in [0.25, 0.3) is 5.91 Å². The Morgan fingerprint density at radius 1 is 1.21 bits per heavy atom. The SMILES string of the molecule is COc1cc(C(=O)N2CCC(C(C)N)CC2)ccc1OC(C)C.Cl. The molecule has 0 spiro atoms. The molecule has 136 valence electrons. The fourth-order valence-corrected chi connectivity index (χ4v) is 2.96. The third-order valence-electron chi connectivity index (χ3n) is 4.34. The van der Waals surface area contributed by atoms with Gasteiger partial charge in [0.05, 0.1) is 13.2 Å². The van der Waals surface area contributed by atoms with Gasteiger partial charge >= 0.3 is 0 Å². The Morgan fingerprint density at radius 2 is 1.83 bits per heavy atom. The number of piperidine rings is 1. The molecular weight excluding hydrogens is 328 g/mol. The lowest BCUT2D eigenvalue weighted by Gasteiger charge is -2.33. The highest BCUT2D eigenvalue weighted by atomic mass is 35.5. The average molecular weight is 357 g/mol. The number of nitrogens with two attached hydrogens (primary N) is 1. The molecule has 1 aliphatic rings. The van der Waals surface area contributed by atoms with Crippen LogP contribution in [0.25, 0.3) is 0 Å². The van der Waals surface area contributed by atoms with Crippen LogP contribution in [-0.4, -0.2) is 43.2 Å². The normalized spacial score (nSPS) is 16.5. The molecule has 24 heavy (non-hydrogen) atoms. The molecule has 1 aromatic carbocycles. The summed E-state index contributed by atoms with van der Waals surface area (Å²) in [6.07, 6.45) is 1.99. The second kappa shape index (κ2) is 9.14. The summed E-state index contributed by atoms with van der Waals surface area (Å²) in [6, 6.07) is 5.57. The van der Waals surface area contributed by atoms with Crippen LogP contribution in [0.3, 0.4) is 0 Å². The van der Waals surface area contributed by atoms with Gasteiger partial charge in [0.15, 0.2) is 11.5 Å². The summed E-state index contributed by atoms with van der Waals surface area (Å²) >= 11 is 0. The molecule has 0 bridgehead atoms. The molecule has 2 rings (SSSR count). The summed E-state index contributed by atoms with van der Waals surface area (Å²) < 4.78 is 11.1. The maximum absolute atomic E-state index is 12.7. The van der Waals surface area contributed by atoms with E-state index in [0.29, 0.717) is 23.0 Å². The minimum atomic E-state index is 0. The summed E-state index contributed by atoms with van der Waals surface area (Å²) in [6.45, 7) is 7.48. The highest BCUT2D eigenvalue weighted by Gasteiger charge is 2.26. The van der Waals surface area contributed by atoms with Crippen molar-refractivity contribution < 1.29 is 14.3 Å². The summed E-state index contributed by atoms with van der Waals surface area (Å²) in [4.78, 5) is 14.6. The topological polar surface area (TPSA) is 64.8 Å². The largest absolute Gasteiger partial charge is 0.493 e. The van der Waals surface area contributed by atoms with E-state index in [2.05, 4.69) is 0 Å². The van der Waals surface area contributed by atoms with Crippen molar-refractivity contribution in [2.75, 3.05) is 20.2 Å². The first kappa shape index (κ1) is 20.6. The Balaban J connectivity index is 0.00000288. The molecule has 5 nitrogen and oxygen atoms in total. The van der Waals surface area contributed by atoms with Crippen molar-refractivity contribution in [1.82, 2.24) is 4.90 Å². The van der Waals surface area contributed by atoms with Gasteiger partial charge in [-0.25, -0.2) is 0 Å². The van der Waals surface area contributed by atoms with E-state index in [9.17, 15) is 4.79 Å². The average Bonchev–Trinajstić information content (AvgIpc) is 2.54. The fourth-order valence-electron chi connectivity index (χ4n) is 2.96. The van der Waals surface area contributed by atoms with Crippen molar-refractivity contribution in [1.29, 1.82) is 0 Å². The predicted octanol–water partition coefficient (Wildman–Crippen LogP) is 3.10. The second-order valence-electron chi connectivity index (χ2n) is 6.52. The number of methoxy groups -OCH3 is 1. The predicted molar refractivity (Wildman–Crippen MR) is 98.3 cm³/mol. The van der Waals surface area contributed by atoms with Crippen molar-refractivity contribution in [3.63, 3.8) is 0 Å². The van der Waals surface area contributed by atoms with Gasteiger partial charge in [-0.3, -0.25) is 4.79 Å². The van der Waals surface area contributed by atoms with Crippen LogP contribution in [0.15, 0.2) is 18.2 Å². The van der Waals surface area contributed by atoms with E-state index in [-0.39, 0.29) is 30.5 Å². The molecule has 1 aliphatic heterocycles. The molecular formula is C18H29ClN2O3. The van der Waals surface area contributed by atoms with Gasteiger partial charge in [0.1, 0.15) is 0 Å². The Hall–Kier alpha value is -1.46. The fraction of sp³-hybridized carbons (Fsp3) is 0.611. The number of benzene rings is 1. The smallest absolute Gasteiger partial charge is 0.253 e. The van der Waals surface area contributed by atoms with Gasteiger partial charge in [-0.1, -0.05) is 0 Å². The van der Waals surface area contributed by atoms with Crippen molar-refractivity contribution in [3.8, 4) is 11.5 Å². The molecule has 1 saturated heterocycles. The maximum atomic E-state index is 12.7. The Kier molecular flexibility index (Phi) is 7.84. The number of amides is 1. The zero-order valence-electron chi connectivity index (χ0n) is 15.0. The van der Waals surface area contributed by atoms with Gasteiger partial charge in [0.2, 0.25) is 0 Å². The van der Waals surface area contributed by atoms with Gasteiger partial charge in [-0.05, 0) is 57.7 Å². The molecule has 6 heteroatoms. The van der Waals surface area contributed by atoms with E-state index in [4.69, 9.17) is 15.2 Å². The van der Waals surface area contributed by atoms with Gasteiger partial charge in [-0.15, -0.1) is 12.4 Å². The van der Waals surface area contributed by atoms with E-state index in [1.165, 1.54) is 0 Å². The summed E-state index contributed by atoms with van der Waals surface area (Å²) in [5.41, 5.74) is 6.60. The molecule has 1 atom stereocenters. The number of carbonyl (C=O) groups is 1. The second-order valence-corrected chi connectivity index (χ2v) is 6.52. The molecule has 0 saturated carbocycles. The van der Waals surface area contributed by atoms with Crippen LogP contribution < -0.4 is 15.2 Å². The quantitative estimate of drug-likeness (QED) is 0.880. The summed E-state index contributed by atoms with van der Waals surface area (Å²) in [5, 5.41) is 0. The lowest BCUT2D eigenvalue weighted by molar-refractivity contribution is 0.0680. The van der Waals surface area contributed by atoms with E-state index in [0.717, 1.165) is 25.9 Å².